The van der Waals surface area contributed by atoms with E-state index < -0.39 is 0 Å². The zero-order valence-corrected chi connectivity index (χ0v) is 11.6. The smallest absolute Gasteiger partial charge is 0.159 e. The SMILES string of the molecule is Cc1ccc(Cn2nnc(-c3ccccc3C)n2)cc1. The molecule has 0 radical (unpaired) electrons. The minimum atomic E-state index is 0.638. The lowest BCUT2D eigenvalue weighted by molar-refractivity contribution is 0.573. The molecule has 0 N–H and O–H groups in total. The molecule has 0 aliphatic heterocycles. The van der Waals surface area contributed by atoms with Crippen LogP contribution in [0.1, 0.15) is 16.7 Å². The molecule has 0 aliphatic rings. The van der Waals surface area contributed by atoms with Crippen LogP contribution in [0.5, 0.6) is 0 Å². The number of nitrogens with zero attached hydrogens (tertiary/aromatic N) is 4. The first-order valence-electron chi connectivity index (χ1n) is 6.62. The summed E-state index contributed by atoms with van der Waals surface area (Å²) in [7, 11) is 0. The van der Waals surface area contributed by atoms with Gasteiger partial charge in [0, 0.05) is 5.56 Å². The fourth-order valence-electron chi connectivity index (χ4n) is 2.10. The van der Waals surface area contributed by atoms with Crippen LogP contribution in [0.2, 0.25) is 0 Å². The molecule has 0 unspecified atom stereocenters. The van der Waals surface area contributed by atoms with Crippen molar-refractivity contribution in [3.63, 3.8) is 0 Å². The number of rotatable bonds is 3. The maximum atomic E-state index is 4.45. The Hall–Kier alpha value is -2.49. The summed E-state index contributed by atoms with van der Waals surface area (Å²) in [5.74, 6) is 0.676. The van der Waals surface area contributed by atoms with Crippen molar-refractivity contribution in [1.29, 1.82) is 0 Å². The number of hydrogen-bond donors (Lipinski definition) is 0. The Morgan fingerprint density at radius 2 is 1.70 bits per heavy atom. The number of aryl methyl sites for hydroxylation is 2. The van der Waals surface area contributed by atoms with Gasteiger partial charge in [0.25, 0.3) is 0 Å². The standard InChI is InChI=1S/C16H16N4/c1-12-7-9-14(10-8-12)11-20-18-16(17-19-20)15-6-4-3-5-13(15)2/h3-10H,11H2,1-2H3. The Morgan fingerprint density at radius 1 is 0.950 bits per heavy atom. The highest BCUT2D eigenvalue weighted by Gasteiger charge is 2.08. The van der Waals surface area contributed by atoms with Crippen molar-refractivity contribution in [2.75, 3.05) is 0 Å². The molecule has 4 heteroatoms. The zero-order valence-electron chi connectivity index (χ0n) is 11.6. The van der Waals surface area contributed by atoms with E-state index in [2.05, 4.69) is 59.6 Å². The lowest BCUT2D eigenvalue weighted by Gasteiger charge is -2.00. The second-order valence-electron chi connectivity index (χ2n) is 4.94. The number of hydrogen-bond acceptors (Lipinski definition) is 3. The summed E-state index contributed by atoms with van der Waals surface area (Å²) < 4.78 is 0. The van der Waals surface area contributed by atoms with Gasteiger partial charge in [-0.25, -0.2) is 0 Å². The van der Waals surface area contributed by atoms with Crippen LogP contribution in [0.4, 0.5) is 0 Å². The van der Waals surface area contributed by atoms with Crippen LogP contribution in [0, 0.1) is 13.8 Å². The van der Waals surface area contributed by atoms with Gasteiger partial charge in [0.15, 0.2) is 0 Å². The van der Waals surface area contributed by atoms with Crippen molar-refractivity contribution in [3.8, 4) is 11.4 Å². The average Bonchev–Trinajstić information content (AvgIpc) is 2.90. The van der Waals surface area contributed by atoms with Gasteiger partial charge in [-0.2, -0.15) is 4.80 Å². The molecular formula is C16H16N4. The van der Waals surface area contributed by atoms with E-state index in [1.165, 1.54) is 11.1 Å². The maximum absolute atomic E-state index is 4.45. The summed E-state index contributed by atoms with van der Waals surface area (Å²) >= 11 is 0. The summed E-state index contributed by atoms with van der Waals surface area (Å²) in [5.41, 5.74) is 4.61. The third-order valence-corrected chi connectivity index (χ3v) is 3.28. The Kier molecular flexibility index (Phi) is 3.29. The van der Waals surface area contributed by atoms with E-state index in [1.807, 2.05) is 18.2 Å². The lowest BCUT2D eigenvalue weighted by Crippen LogP contribution is -2.04. The Balaban J connectivity index is 1.84. The molecule has 0 aliphatic carbocycles. The van der Waals surface area contributed by atoms with E-state index in [0.29, 0.717) is 12.4 Å². The third-order valence-electron chi connectivity index (χ3n) is 3.28. The Bertz CT molecular complexity index is 713. The number of tetrazole rings is 1. The summed E-state index contributed by atoms with van der Waals surface area (Å²) in [5, 5.41) is 12.7. The van der Waals surface area contributed by atoms with Gasteiger partial charge in [0.1, 0.15) is 0 Å². The fraction of sp³-hybridized carbons (Fsp3) is 0.188. The molecule has 2 aromatic carbocycles. The van der Waals surface area contributed by atoms with Crippen molar-refractivity contribution in [1.82, 2.24) is 20.2 Å². The zero-order chi connectivity index (χ0) is 13.9. The van der Waals surface area contributed by atoms with Gasteiger partial charge >= 0.3 is 0 Å². The van der Waals surface area contributed by atoms with Crippen molar-refractivity contribution < 1.29 is 0 Å². The third kappa shape index (κ3) is 2.59. The number of aromatic nitrogens is 4. The predicted molar refractivity (Wildman–Crippen MR) is 78.3 cm³/mol. The molecule has 0 saturated heterocycles. The lowest BCUT2D eigenvalue weighted by atomic mass is 10.1. The molecule has 1 aromatic heterocycles. The van der Waals surface area contributed by atoms with Crippen LogP contribution in [0.25, 0.3) is 11.4 Å². The Labute approximate surface area is 118 Å². The molecule has 3 aromatic rings. The summed E-state index contributed by atoms with van der Waals surface area (Å²) in [6.45, 7) is 4.77. The van der Waals surface area contributed by atoms with Crippen molar-refractivity contribution in [2.45, 2.75) is 20.4 Å². The van der Waals surface area contributed by atoms with Gasteiger partial charge in [0.05, 0.1) is 6.54 Å². The summed E-state index contributed by atoms with van der Waals surface area (Å²) in [6, 6.07) is 16.4. The molecule has 4 nitrogen and oxygen atoms in total. The van der Waals surface area contributed by atoms with E-state index in [0.717, 1.165) is 11.1 Å². The van der Waals surface area contributed by atoms with Crippen LogP contribution in [-0.2, 0) is 6.54 Å². The monoisotopic (exact) mass is 264 g/mol. The van der Waals surface area contributed by atoms with E-state index in [1.54, 1.807) is 4.80 Å². The van der Waals surface area contributed by atoms with Crippen LogP contribution in [0.15, 0.2) is 48.5 Å². The number of benzene rings is 2. The highest BCUT2D eigenvalue weighted by atomic mass is 15.6. The predicted octanol–water partition coefficient (Wildman–Crippen LogP) is 3.01. The molecule has 100 valence electrons. The minimum Gasteiger partial charge on any atom is -0.159 e. The van der Waals surface area contributed by atoms with Crippen LogP contribution < -0.4 is 0 Å². The van der Waals surface area contributed by atoms with E-state index >= 15 is 0 Å². The molecule has 0 atom stereocenters. The normalized spacial score (nSPS) is 10.7. The molecule has 3 rings (SSSR count). The first-order valence-corrected chi connectivity index (χ1v) is 6.62. The van der Waals surface area contributed by atoms with Crippen LogP contribution >= 0.6 is 0 Å². The van der Waals surface area contributed by atoms with E-state index in [9.17, 15) is 0 Å². The van der Waals surface area contributed by atoms with E-state index in [-0.39, 0.29) is 0 Å². The van der Waals surface area contributed by atoms with Gasteiger partial charge in [-0.1, -0.05) is 54.1 Å². The quantitative estimate of drug-likeness (QED) is 0.730. The highest BCUT2D eigenvalue weighted by Crippen LogP contribution is 2.18. The molecular weight excluding hydrogens is 248 g/mol. The topological polar surface area (TPSA) is 43.6 Å². The van der Waals surface area contributed by atoms with Gasteiger partial charge < -0.3 is 0 Å². The molecule has 0 saturated carbocycles. The molecule has 20 heavy (non-hydrogen) atoms. The molecule has 0 amide bonds. The first kappa shape index (κ1) is 12.5. The van der Waals surface area contributed by atoms with Gasteiger partial charge in [-0.05, 0) is 30.2 Å². The van der Waals surface area contributed by atoms with Gasteiger partial charge in [-0.3, -0.25) is 0 Å². The second-order valence-corrected chi connectivity index (χ2v) is 4.94. The minimum absolute atomic E-state index is 0.638. The molecule has 1 heterocycles. The molecule has 0 spiro atoms. The van der Waals surface area contributed by atoms with Crippen molar-refractivity contribution in [2.24, 2.45) is 0 Å². The first-order chi connectivity index (χ1) is 9.72. The van der Waals surface area contributed by atoms with Crippen molar-refractivity contribution in [3.05, 3.63) is 65.2 Å². The summed E-state index contributed by atoms with van der Waals surface area (Å²) in [6.07, 6.45) is 0. The second kappa shape index (κ2) is 5.25. The molecule has 0 fully saturated rings. The fourth-order valence-corrected chi connectivity index (χ4v) is 2.10. The Morgan fingerprint density at radius 3 is 2.45 bits per heavy atom. The van der Waals surface area contributed by atoms with Crippen molar-refractivity contribution >= 4 is 0 Å². The summed E-state index contributed by atoms with van der Waals surface area (Å²) in [4.78, 5) is 1.63. The van der Waals surface area contributed by atoms with Crippen LogP contribution in [-0.4, -0.2) is 20.2 Å². The molecule has 0 bridgehead atoms. The average molecular weight is 264 g/mol. The van der Waals surface area contributed by atoms with E-state index in [4.69, 9.17) is 0 Å². The van der Waals surface area contributed by atoms with Gasteiger partial charge in [0.2, 0.25) is 5.82 Å². The van der Waals surface area contributed by atoms with Gasteiger partial charge in [-0.15, -0.1) is 10.2 Å². The largest absolute Gasteiger partial charge is 0.205 e. The maximum Gasteiger partial charge on any atom is 0.205 e. The highest BCUT2D eigenvalue weighted by molar-refractivity contribution is 5.58. The van der Waals surface area contributed by atoms with Crippen LogP contribution in [0.3, 0.4) is 0 Å².